The molecule has 0 amide bonds. The Hall–Kier alpha value is -2.44. The first-order valence-corrected chi connectivity index (χ1v) is 9.33. The van der Waals surface area contributed by atoms with E-state index in [9.17, 15) is 18.3 Å². The van der Waals surface area contributed by atoms with Crippen LogP contribution >= 0.6 is 0 Å². The van der Waals surface area contributed by atoms with E-state index < -0.39 is 28.0 Å². The van der Waals surface area contributed by atoms with Crippen LogP contribution in [0.15, 0.2) is 65.6 Å². The van der Waals surface area contributed by atoms with E-state index in [0.29, 0.717) is 0 Å². The van der Waals surface area contributed by atoms with Crippen molar-refractivity contribution < 1.29 is 18.3 Å². The number of hydrogen-bond acceptors (Lipinski definition) is 3. The zero-order chi connectivity index (χ0) is 18.4. The van der Waals surface area contributed by atoms with Crippen molar-refractivity contribution in [2.24, 2.45) is 5.92 Å². The predicted molar refractivity (Wildman–Crippen MR) is 97.6 cm³/mol. The maximum absolute atomic E-state index is 12.6. The van der Waals surface area contributed by atoms with Gasteiger partial charge in [0.15, 0.2) is 0 Å². The monoisotopic (exact) mass is 359 g/mol. The van der Waals surface area contributed by atoms with E-state index >= 15 is 0 Å². The molecule has 0 radical (unpaired) electrons. The number of carbonyl (C=O) groups is 1. The number of sulfonamides is 1. The second kappa shape index (κ2) is 8.09. The number of aliphatic carboxylic acids is 1. The summed E-state index contributed by atoms with van der Waals surface area (Å²) in [7, 11) is -3.82. The van der Waals surface area contributed by atoms with Crippen LogP contribution in [-0.2, 0) is 14.8 Å². The summed E-state index contributed by atoms with van der Waals surface area (Å²) < 4.78 is 27.6. The summed E-state index contributed by atoms with van der Waals surface area (Å²) in [6.07, 6.45) is 3.28. The van der Waals surface area contributed by atoms with Crippen molar-refractivity contribution in [1.29, 1.82) is 0 Å². The van der Waals surface area contributed by atoms with Gasteiger partial charge in [0.25, 0.3) is 0 Å². The fraction of sp³-hybridized carbons (Fsp3) is 0.211. The Bertz CT molecular complexity index is 843. The van der Waals surface area contributed by atoms with Crippen molar-refractivity contribution in [1.82, 2.24) is 4.72 Å². The van der Waals surface area contributed by atoms with Crippen molar-refractivity contribution in [2.45, 2.75) is 24.8 Å². The number of aryl methyl sites for hydroxylation is 1. The van der Waals surface area contributed by atoms with E-state index in [2.05, 4.69) is 4.72 Å². The summed E-state index contributed by atoms with van der Waals surface area (Å²) in [4.78, 5) is 11.5. The molecule has 2 N–H and O–H groups in total. The fourth-order valence-corrected chi connectivity index (χ4v) is 3.48. The molecule has 0 aliphatic carbocycles. The quantitative estimate of drug-likeness (QED) is 0.796. The van der Waals surface area contributed by atoms with Gasteiger partial charge in [-0.05, 0) is 24.6 Å². The minimum absolute atomic E-state index is 0.105. The van der Waals surface area contributed by atoms with Crippen LogP contribution in [0, 0.1) is 12.8 Å². The molecule has 2 aromatic carbocycles. The van der Waals surface area contributed by atoms with E-state index in [1.165, 1.54) is 19.1 Å². The maximum atomic E-state index is 12.6. The highest BCUT2D eigenvalue weighted by Gasteiger charge is 2.26. The van der Waals surface area contributed by atoms with Crippen molar-refractivity contribution >= 4 is 22.1 Å². The molecular weight excluding hydrogens is 338 g/mol. The fourth-order valence-electron chi connectivity index (χ4n) is 2.21. The summed E-state index contributed by atoms with van der Waals surface area (Å²) in [5.41, 5.74) is 1.80. The molecule has 25 heavy (non-hydrogen) atoms. The highest BCUT2D eigenvalue weighted by atomic mass is 32.2. The third-order valence-electron chi connectivity index (χ3n) is 3.85. The number of carboxylic acids is 1. The van der Waals surface area contributed by atoms with Gasteiger partial charge in [-0.1, -0.05) is 67.1 Å². The van der Waals surface area contributed by atoms with E-state index in [1.54, 1.807) is 24.3 Å². The summed E-state index contributed by atoms with van der Waals surface area (Å²) >= 11 is 0. The first kappa shape index (κ1) is 18.9. The molecule has 2 atom stereocenters. The number of benzene rings is 2. The Morgan fingerprint density at radius 1 is 1.08 bits per heavy atom. The summed E-state index contributed by atoms with van der Waals surface area (Å²) in [5.74, 6) is -1.99. The van der Waals surface area contributed by atoms with Crippen molar-refractivity contribution in [3.63, 3.8) is 0 Å². The third-order valence-corrected chi connectivity index (χ3v) is 5.32. The molecular formula is C19H21NO4S. The van der Waals surface area contributed by atoms with Gasteiger partial charge in [0, 0.05) is 0 Å². The Morgan fingerprint density at radius 3 is 2.24 bits per heavy atom. The van der Waals surface area contributed by atoms with Gasteiger partial charge in [-0.15, -0.1) is 0 Å². The average Bonchev–Trinajstić information content (AvgIpc) is 2.59. The van der Waals surface area contributed by atoms with Crippen LogP contribution in [0.2, 0.25) is 0 Å². The number of nitrogens with one attached hydrogen (secondary N) is 1. The third kappa shape index (κ3) is 5.27. The Balaban J connectivity index is 2.28. The molecule has 2 aromatic rings. The van der Waals surface area contributed by atoms with Crippen LogP contribution in [0.3, 0.4) is 0 Å². The standard InChI is InChI=1S/C19H21NO4S/c1-14-8-11-17(12-9-14)25(23,24)20-18(15(2)19(21)22)13-10-16-6-4-3-5-7-16/h3-13,15,18,20H,1-2H3,(H,21,22)/b13-10+/t15-,18-/m1/s1. The lowest BCUT2D eigenvalue weighted by Gasteiger charge is -2.19. The Morgan fingerprint density at radius 2 is 1.68 bits per heavy atom. The van der Waals surface area contributed by atoms with Gasteiger partial charge < -0.3 is 5.11 Å². The lowest BCUT2D eigenvalue weighted by molar-refractivity contribution is -0.141. The van der Waals surface area contributed by atoms with Gasteiger partial charge >= 0.3 is 5.97 Å². The normalized spacial score (nSPS) is 14.3. The molecule has 0 spiro atoms. The maximum Gasteiger partial charge on any atom is 0.308 e. The molecule has 0 saturated carbocycles. The van der Waals surface area contributed by atoms with Crippen molar-refractivity contribution in [2.75, 3.05) is 0 Å². The van der Waals surface area contributed by atoms with Crippen LogP contribution in [0.1, 0.15) is 18.1 Å². The summed E-state index contributed by atoms with van der Waals surface area (Å²) in [6, 6.07) is 14.8. The van der Waals surface area contributed by atoms with Crippen LogP contribution in [0.4, 0.5) is 0 Å². The summed E-state index contributed by atoms with van der Waals surface area (Å²) in [5, 5.41) is 9.28. The van der Waals surface area contributed by atoms with Gasteiger partial charge in [-0.3, -0.25) is 4.79 Å². The van der Waals surface area contributed by atoms with Crippen molar-refractivity contribution in [3.8, 4) is 0 Å². The second-order valence-corrected chi connectivity index (χ2v) is 7.57. The SMILES string of the molecule is Cc1ccc(S(=O)(=O)N[C@H](/C=C/c2ccccc2)[C@@H](C)C(=O)O)cc1. The average molecular weight is 359 g/mol. The Kier molecular flexibility index (Phi) is 6.12. The molecule has 5 nitrogen and oxygen atoms in total. The molecule has 0 aliphatic rings. The molecule has 0 aliphatic heterocycles. The predicted octanol–water partition coefficient (Wildman–Crippen LogP) is 3.08. The van der Waals surface area contributed by atoms with Crippen molar-refractivity contribution in [3.05, 3.63) is 71.8 Å². The van der Waals surface area contributed by atoms with Crippen LogP contribution in [-0.4, -0.2) is 25.5 Å². The first-order chi connectivity index (χ1) is 11.8. The van der Waals surface area contributed by atoms with Crippen LogP contribution in [0.5, 0.6) is 0 Å². The smallest absolute Gasteiger partial charge is 0.308 e. The van der Waals surface area contributed by atoms with E-state index in [-0.39, 0.29) is 4.90 Å². The zero-order valence-corrected chi connectivity index (χ0v) is 14.9. The van der Waals surface area contributed by atoms with Gasteiger partial charge in [0.05, 0.1) is 16.9 Å². The molecule has 2 rings (SSSR count). The topological polar surface area (TPSA) is 83.5 Å². The molecule has 0 bridgehead atoms. The molecule has 0 heterocycles. The molecule has 6 heteroatoms. The second-order valence-electron chi connectivity index (χ2n) is 5.86. The minimum Gasteiger partial charge on any atom is -0.481 e. The lowest BCUT2D eigenvalue weighted by atomic mass is 10.0. The molecule has 132 valence electrons. The first-order valence-electron chi connectivity index (χ1n) is 7.84. The van der Waals surface area contributed by atoms with E-state index in [0.717, 1.165) is 11.1 Å². The molecule has 0 saturated heterocycles. The van der Waals surface area contributed by atoms with Gasteiger partial charge in [-0.25, -0.2) is 13.1 Å². The minimum atomic E-state index is -3.82. The molecule has 0 unspecified atom stereocenters. The van der Waals surface area contributed by atoms with Gasteiger partial charge in [0.1, 0.15) is 0 Å². The van der Waals surface area contributed by atoms with E-state index in [1.807, 2.05) is 37.3 Å². The van der Waals surface area contributed by atoms with Gasteiger partial charge in [-0.2, -0.15) is 0 Å². The largest absolute Gasteiger partial charge is 0.481 e. The Labute approximate surface area is 148 Å². The lowest BCUT2D eigenvalue weighted by Crippen LogP contribution is -2.40. The van der Waals surface area contributed by atoms with Crippen LogP contribution < -0.4 is 4.72 Å². The molecule has 0 aromatic heterocycles. The zero-order valence-electron chi connectivity index (χ0n) is 14.1. The number of carboxylic acid groups (broad SMARTS) is 1. The number of hydrogen-bond donors (Lipinski definition) is 2. The van der Waals surface area contributed by atoms with Crippen LogP contribution in [0.25, 0.3) is 6.08 Å². The molecule has 0 fully saturated rings. The van der Waals surface area contributed by atoms with Gasteiger partial charge in [0.2, 0.25) is 10.0 Å². The highest BCUT2D eigenvalue weighted by Crippen LogP contribution is 2.15. The summed E-state index contributed by atoms with van der Waals surface area (Å²) in [6.45, 7) is 3.34. The van der Waals surface area contributed by atoms with E-state index in [4.69, 9.17) is 0 Å². The highest BCUT2D eigenvalue weighted by molar-refractivity contribution is 7.89. The number of rotatable bonds is 7.